The molecule has 0 spiro atoms. The van der Waals surface area contributed by atoms with Crippen molar-refractivity contribution < 1.29 is 4.79 Å². The van der Waals surface area contributed by atoms with Crippen molar-refractivity contribution in [3.63, 3.8) is 0 Å². The minimum atomic E-state index is 0.0966. The van der Waals surface area contributed by atoms with Crippen LogP contribution in [0.15, 0.2) is 0 Å². The second-order valence-corrected chi connectivity index (χ2v) is 1.36. The minimum absolute atomic E-state index is 0.0966. The lowest BCUT2D eigenvalue weighted by atomic mass is 10.2. The maximum atomic E-state index is 10.4. The number of hydrogen-bond acceptors (Lipinski definition) is 1. The van der Waals surface area contributed by atoms with Crippen LogP contribution in [0.25, 0.3) is 0 Å². The van der Waals surface area contributed by atoms with E-state index in [2.05, 4.69) is 11.8 Å². The van der Waals surface area contributed by atoms with E-state index >= 15 is 0 Å². The molecule has 0 aromatic carbocycles. The van der Waals surface area contributed by atoms with Gasteiger partial charge >= 0.3 is 0 Å². The Hall–Kier alpha value is -0.770. The van der Waals surface area contributed by atoms with Gasteiger partial charge in [0.15, 0.2) is 0 Å². The van der Waals surface area contributed by atoms with Gasteiger partial charge in [0.05, 0.1) is 6.42 Å². The molecule has 1 radical (unpaired) electrons. The van der Waals surface area contributed by atoms with Crippen LogP contribution in [0.3, 0.4) is 0 Å². The largest absolute Gasteiger partial charge is 0.298 e. The van der Waals surface area contributed by atoms with Crippen LogP contribution in [0, 0.1) is 18.3 Å². The van der Waals surface area contributed by atoms with Crippen LogP contribution < -0.4 is 0 Å². The van der Waals surface area contributed by atoms with Crippen molar-refractivity contribution in [2.24, 2.45) is 0 Å². The molecule has 0 aliphatic heterocycles. The number of carbonyl (C=O) groups excluding carboxylic acids is 1. The van der Waals surface area contributed by atoms with Crippen LogP contribution in [-0.4, -0.2) is 5.78 Å². The molecule has 43 valence electrons. The predicted molar refractivity (Wildman–Crippen MR) is 33.0 cm³/mol. The lowest BCUT2D eigenvalue weighted by molar-refractivity contribution is -0.115. The van der Waals surface area contributed by atoms with E-state index in [1.807, 2.05) is 6.92 Å². The number of hydrogen-bond donors (Lipinski definition) is 0. The van der Waals surface area contributed by atoms with Crippen LogP contribution in [0.2, 0.25) is 0 Å². The summed E-state index contributed by atoms with van der Waals surface area (Å²) in [7, 11) is 0. The van der Waals surface area contributed by atoms with Crippen LogP contribution in [0.5, 0.6) is 0 Å². The minimum Gasteiger partial charge on any atom is -0.298 e. The maximum absolute atomic E-state index is 10.4. The van der Waals surface area contributed by atoms with E-state index in [1.54, 1.807) is 6.92 Å². The van der Waals surface area contributed by atoms with E-state index in [0.717, 1.165) is 0 Å². The van der Waals surface area contributed by atoms with Crippen molar-refractivity contribution in [3.05, 3.63) is 6.42 Å². The standard InChI is InChI=1S/C7H9O/c1-3-5-6-7(8)4-2/h6H,4H2,1-2H3. The highest BCUT2D eigenvalue weighted by Crippen LogP contribution is 1.82. The summed E-state index contributed by atoms with van der Waals surface area (Å²) in [6, 6.07) is 0. The van der Waals surface area contributed by atoms with E-state index in [1.165, 1.54) is 6.42 Å². The Morgan fingerprint density at radius 2 is 2.38 bits per heavy atom. The van der Waals surface area contributed by atoms with Gasteiger partial charge in [-0.15, -0.1) is 5.92 Å². The van der Waals surface area contributed by atoms with Gasteiger partial charge in [-0.2, -0.15) is 0 Å². The van der Waals surface area contributed by atoms with Crippen LogP contribution in [-0.2, 0) is 4.79 Å². The SMILES string of the molecule is CC#C[CH]C(=O)CC. The molecule has 8 heavy (non-hydrogen) atoms. The fourth-order valence-corrected chi connectivity index (χ4v) is 0.255. The highest BCUT2D eigenvalue weighted by atomic mass is 16.1. The first-order valence-corrected chi connectivity index (χ1v) is 2.59. The molecule has 0 N–H and O–H groups in total. The van der Waals surface area contributed by atoms with Gasteiger partial charge < -0.3 is 0 Å². The molecule has 0 aliphatic carbocycles. The van der Waals surface area contributed by atoms with Crippen molar-refractivity contribution >= 4 is 5.78 Å². The quantitative estimate of drug-likeness (QED) is 0.487. The molecule has 0 aliphatic rings. The molecular formula is C7H9O. The first-order chi connectivity index (χ1) is 3.81. The van der Waals surface area contributed by atoms with Crippen molar-refractivity contribution in [1.29, 1.82) is 0 Å². The Morgan fingerprint density at radius 3 is 2.75 bits per heavy atom. The highest BCUT2D eigenvalue weighted by Gasteiger charge is 1.91. The second kappa shape index (κ2) is 4.39. The molecule has 0 aromatic rings. The third-order valence-corrected chi connectivity index (χ3v) is 0.726. The van der Waals surface area contributed by atoms with Crippen LogP contribution in [0.1, 0.15) is 20.3 Å². The number of Topliss-reactive ketones (excluding diaryl/α,β-unsaturated/α-hetero) is 1. The summed E-state index contributed by atoms with van der Waals surface area (Å²) < 4.78 is 0. The molecule has 0 atom stereocenters. The third kappa shape index (κ3) is 3.42. The molecule has 0 fully saturated rings. The van der Waals surface area contributed by atoms with Crippen molar-refractivity contribution in [3.8, 4) is 11.8 Å². The average molecular weight is 109 g/mol. The van der Waals surface area contributed by atoms with E-state index in [9.17, 15) is 4.79 Å². The van der Waals surface area contributed by atoms with Gasteiger partial charge in [0, 0.05) is 6.42 Å². The van der Waals surface area contributed by atoms with Crippen LogP contribution in [0.4, 0.5) is 0 Å². The van der Waals surface area contributed by atoms with Crippen LogP contribution >= 0.6 is 0 Å². The Bertz CT molecular complexity index is 125. The molecule has 0 heterocycles. The first kappa shape index (κ1) is 7.23. The van der Waals surface area contributed by atoms with Crippen molar-refractivity contribution in [1.82, 2.24) is 0 Å². The van der Waals surface area contributed by atoms with Crippen molar-refractivity contribution in [2.45, 2.75) is 20.3 Å². The Labute approximate surface area is 50.1 Å². The lowest BCUT2D eigenvalue weighted by Crippen LogP contribution is -1.91. The van der Waals surface area contributed by atoms with Gasteiger partial charge in [-0.25, -0.2) is 0 Å². The molecule has 0 saturated heterocycles. The Morgan fingerprint density at radius 1 is 1.75 bits per heavy atom. The summed E-state index contributed by atoms with van der Waals surface area (Å²) in [6.07, 6.45) is 1.95. The van der Waals surface area contributed by atoms with Gasteiger partial charge in [0.2, 0.25) is 0 Å². The zero-order valence-electron chi connectivity index (χ0n) is 5.19. The molecule has 0 aromatic heterocycles. The summed E-state index contributed by atoms with van der Waals surface area (Å²) in [6.45, 7) is 3.52. The summed E-state index contributed by atoms with van der Waals surface area (Å²) >= 11 is 0. The fraction of sp³-hybridized carbons (Fsp3) is 0.429. The zero-order valence-corrected chi connectivity index (χ0v) is 5.19. The summed E-state index contributed by atoms with van der Waals surface area (Å²) in [5.74, 6) is 5.28. The van der Waals surface area contributed by atoms with Gasteiger partial charge in [0.1, 0.15) is 5.78 Å². The topological polar surface area (TPSA) is 17.1 Å². The third-order valence-electron chi connectivity index (χ3n) is 0.726. The predicted octanol–water partition coefficient (Wildman–Crippen LogP) is 1.19. The molecular weight excluding hydrogens is 100 g/mol. The van der Waals surface area contributed by atoms with Crippen molar-refractivity contribution in [2.75, 3.05) is 0 Å². The monoisotopic (exact) mass is 109 g/mol. The number of ketones is 1. The van der Waals surface area contributed by atoms with E-state index in [-0.39, 0.29) is 5.78 Å². The fourth-order valence-electron chi connectivity index (χ4n) is 0.255. The lowest BCUT2D eigenvalue weighted by Gasteiger charge is -1.81. The zero-order chi connectivity index (χ0) is 6.41. The summed E-state index contributed by atoms with van der Waals surface area (Å²) in [5, 5.41) is 0. The first-order valence-electron chi connectivity index (χ1n) is 2.59. The molecule has 0 saturated carbocycles. The molecule has 0 rings (SSSR count). The second-order valence-electron chi connectivity index (χ2n) is 1.36. The molecule has 0 bridgehead atoms. The van der Waals surface area contributed by atoms with Gasteiger partial charge in [0.25, 0.3) is 0 Å². The smallest absolute Gasteiger partial charge is 0.149 e. The Balaban J connectivity index is 3.35. The number of rotatable bonds is 2. The molecule has 0 unspecified atom stereocenters. The number of carbonyl (C=O) groups is 1. The normalized spacial score (nSPS) is 7.25. The van der Waals surface area contributed by atoms with Gasteiger partial charge in [-0.3, -0.25) is 4.79 Å². The summed E-state index contributed by atoms with van der Waals surface area (Å²) in [5.41, 5.74) is 0. The molecule has 1 heteroatoms. The average Bonchev–Trinajstić information content (AvgIpc) is 1.83. The summed E-state index contributed by atoms with van der Waals surface area (Å²) in [4.78, 5) is 10.4. The van der Waals surface area contributed by atoms with E-state index < -0.39 is 0 Å². The maximum Gasteiger partial charge on any atom is 0.149 e. The highest BCUT2D eigenvalue weighted by molar-refractivity contribution is 5.89. The Kier molecular flexibility index (Phi) is 3.97. The molecule has 0 amide bonds. The van der Waals surface area contributed by atoms with Gasteiger partial charge in [-0.1, -0.05) is 12.8 Å². The van der Waals surface area contributed by atoms with E-state index in [0.29, 0.717) is 6.42 Å². The van der Waals surface area contributed by atoms with Gasteiger partial charge in [-0.05, 0) is 6.92 Å². The van der Waals surface area contributed by atoms with E-state index in [4.69, 9.17) is 0 Å². The molecule has 1 nitrogen and oxygen atoms in total.